The zero-order valence-electron chi connectivity index (χ0n) is 15.4. The number of benzene rings is 1. The Morgan fingerprint density at radius 2 is 1.82 bits per heavy atom. The quantitative estimate of drug-likeness (QED) is 0.583. The summed E-state index contributed by atoms with van der Waals surface area (Å²) in [5, 5.41) is 5.78. The number of nitrogens with one attached hydrogen (secondary N) is 2. The minimum Gasteiger partial charge on any atom is -0.447 e. The van der Waals surface area contributed by atoms with Gasteiger partial charge in [0.25, 0.3) is 0 Å². The smallest absolute Gasteiger partial charge is 0.325 e. The van der Waals surface area contributed by atoms with Crippen LogP contribution in [0.25, 0.3) is 12.2 Å². The molecule has 2 amide bonds. The van der Waals surface area contributed by atoms with Crippen molar-refractivity contribution in [1.82, 2.24) is 9.97 Å². The predicted octanol–water partition coefficient (Wildman–Crippen LogP) is 4.77. The number of nitrogens with zero attached hydrogens (tertiary/aromatic N) is 2. The fourth-order valence-corrected chi connectivity index (χ4v) is 3.72. The Hall–Kier alpha value is -2.85. The maximum Gasteiger partial charge on any atom is 0.325 e. The highest BCUT2D eigenvalue weighted by Gasteiger charge is 2.21. The third-order valence-corrected chi connectivity index (χ3v) is 6.19. The lowest BCUT2D eigenvalue weighted by atomic mass is 10.3. The van der Waals surface area contributed by atoms with Crippen LogP contribution in [0.15, 0.2) is 35.0 Å². The molecule has 0 aliphatic rings. The van der Waals surface area contributed by atoms with Gasteiger partial charge in [0.15, 0.2) is 5.13 Å². The highest BCUT2D eigenvalue weighted by Crippen LogP contribution is 2.22. The number of carbonyl (C=O) groups is 1. The van der Waals surface area contributed by atoms with Crippen LogP contribution in [-0.4, -0.2) is 24.1 Å². The van der Waals surface area contributed by atoms with Gasteiger partial charge in [-0.2, -0.15) is 0 Å². The molecule has 0 atom stereocenters. The standard InChI is InChI=1S/C18H18F2N4O2SSi/c1-28(2,3)15-10-21-14(26-15)8-7-11-9-22-18(27-11)24-17(25)23-16-12(19)5-4-6-13(16)20/h4-10H,1-3H3,(H2,22,23,24,25). The Bertz CT molecular complexity index is 1010. The van der Waals surface area contributed by atoms with Crippen LogP contribution in [-0.2, 0) is 0 Å². The first kappa shape index (κ1) is 19.9. The molecule has 3 aromatic rings. The van der Waals surface area contributed by atoms with Gasteiger partial charge in [-0.1, -0.05) is 37.0 Å². The summed E-state index contributed by atoms with van der Waals surface area (Å²) in [6, 6.07) is 2.54. The van der Waals surface area contributed by atoms with Crippen LogP contribution in [0.2, 0.25) is 19.6 Å². The summed E-state index contributed by atoms with van der Waals surface area (Å²) in [6.45, 7) is 6.50. The zero-order valence-corrected chi connectivity index (χ0v) is 17.2. The Morgan fingerprint density at radius 3 is 2.46 bits per heavy atom. The van der Waals surface area contributed by atoms with Crippen LogP contribution in [0.1, 0.15) is 10.8 Å². The number of rotatable bonds is 5. The number of amides is 2. The molecule has 0 saturated carbocycles. The van der Waals surface area contributed by atoms with Crippen LogP contribution >= 0.6 is 11.3 Å². The van der Waals surface area contributed by atoms with E-state index in [9.17, 15) is 13.6 Å². The van der Waals surface area contributed by atoms with E-state index in [1.807, 2.05) is 0 Å². The molecule has 6 nitrogen and oxygen atoms in total. The highest BCUT2D eigenvalue weighted by molar-refractivity contribution is 7.16. The van der Waals surface area contributed by atoms with E-state index in [4.69, 9.17) is 4.42 Å². The summed E-state index contributed by atoms with van der Waals surface area (Å²) in [6.07, 6.45) is 6.79. The molecule has 3 rings (SSSR count). The molecule has 0 fully saturated rings. The third-order valence-electron chi connectivity index (χ3n) is 3.60. The number of oxazole rings is 1. The second-order valence-corrected chi connectivity index (χ2v) is 12.9. The molecule has 0 aliphatic heterocycles. The summed E-state index contributed by atoms with van der Waals surface area (Å²) < 4.78 is 32.9. The fourth-order valence-electron chi connectivity index (χ4n) is 2.15. The molecule has 0 spiro atoms. The van der Waals surface area contributed by atoms with E-state index < -0.39 is 31.4 Å². The van der Waals surface area contributed by atoms with Crippen molar-refractivity contribution in [3.8, 4) is 0 Å². The van der Waals surface area contributed by atoms with Gasteiger partial charge in [0, 0.05) is 17.2 Å². The summed E-state index contributed by atoms with van der Waals surface area (Å²) in [5.74, 6) is -1.23. The Labute approximate surface area is 165 Å². The van der Waals surface area contributed by atoms with Crippen molar-refractivity contribution in [1.29, 1.82) is 0 Å². The van der Waals surface area contributed by atoms with Gasteiger partial charge in [-0.3, -0.25) is 5.32 Å². The van der Waals surface area contributed by atoms with E-state index in [2.05, 4.69) is 40.2 Å². The number of halogens is 2. The van der Waals surface area contributed by atoms with E-state index in [0.29, 0.717) is 5.89 Å². The molecular formula is C18H18F2N4O2SSi. The molecule has 2 aromatic heterocycles. The van der Waals surface area contributed by atoms with Gasteiger partial charge in [-0.25, -0.2) is 23.5 Å². The first-order valence-electron chi connectivity index (χ1n) is 8.34. The summed E-state index contributed by atoms with van der Waals surface area (Å²) in [5.41, 5.74) is -0.515. The lowest BCUT2D eigenvalue weighted by molar-refractivity contribution is 0.262. The highest BCUT2D eigenvalue weighted by atomic mass is 32.1. The van der Waals surface area contributed by atoms with Gasteiger partial charge in [-0.15, -0.1) is 0 Å². The molecule has 28 heavy (non-hydrogen) atoms. The molecule has 1 aromatic carbocycles. The molecule has 0 saturated heterocycles. The second kappa shape index (κ2) is 8.03. The van der Waals surface area contributed by atoms with Crippen molar-refractivity contribution in [2.24, 2.45) is 0 Å². The molecular weight excluding hydrogens is 402 g/mol. The van der Waals surface area contributed by atoms with Gasteiger partial charge in [0.2, 0.25) is 5.89 Å². The molecule has 2 N–H and O–H groups in total. The number of para-hydroxylation sites is 1. The lowest BCUT2D eigenvalue weighted by Gasteiger charge is -2.09. The molecule has 0 unspecified atom stereocenters. The van der Waals surface area contributed by atoms with Gasteiger partial charge in [0.05, 0.1) is 6.20 Å². The second-order valence-electron chi connectivity index (χ2n) is 6.89. The van der Waals surface area contributed by atoms with Crippen LogP contribution in [0.4, 0.5) is 24.4 Å². The van der Waals surface area contributed by atoms with E-state index in [0.717, 1.165) is 22.4 Å². The molecule has 10 heteroatoms. The Morgan fingerprint density at radius 1 is 1.11 bits per heavy atom. The van der Waals surface area contributed by atoms with Gasteiger partial charge in [-0.05, 0) is 18.2 Å². The predicted molar refractivity (Wildman–Crippen MR) is 110 cm³/mol. The lowest BCUT2D eigenvalue weighted by Crippen LogP contribution is -2.36. The maximum absolute atomic E-state index is 13.6. The first-order valence-corrected chi connectivity index (χ1v) is 12.7. The van der Waals surface area contributed by atoms with Crippen molar-refractivity contribution in [3.63, 3.8) is 0 Å². The van der Waals surface area contributed by atoms with Crippen LogP contribution in [0.5, 0.6) is 0 Å². The molecule has 146 valence electrons. The van der Waals surface area contributed by atoms with Gasteiger partial charge >= 0.3 is 6.03 Å². The minimum absolute atomic E-state index is 0.282. The van der Waals surface area contributed by atoms with E-state index in [1.165, 1.54) is 17.4 Å². The van der Waals surface area contributed by atoms with E-state index in [-0.39, 0.29) is 5.13 Å². The molecule has 2 heterocycles. The van der Waals surface area contributed by atoms with E-state index >= 15 is 0 Å². The number of hydrogen-bond donors (Lipinski definition) is 2. The van der Waals surface area contributed by atoms with Gasteiger partial charge in [0.1, 0.15) is 30.8 Å². The van der Waals surface area contributed by atoms with Crippen molar-refractivity contribution in [3.05, 3.63) is 53.0 Å². The van der Waals surface area contributed by atoms with Crippen LogP contribution in [0.3, 0.4) is 0 Å². The number of hydrogen-bond acceptors (Lipinski definition) is 5. The molecule has 0 radical (unpaired) electrons. The minimum atomic E-state index is -1.56. The summed E-state index contributed by atoms with van der Waals surface area (Å²) in [4.78, 5) is 21.0. The fraction of sp³-hybridized carbons (Fsp3) is 0.167. The molecule has 0 aliphatic carbocycles. The van der Waals surface area contributed by atoms with Crippen molar-refractivity contribution in [2.45, 2.75) is 19.6 Å². The third kappa shape index (κ3) is 4.90. The van der Waals surface area contributed by atoms with Crippen LogP contribution < -0.4 is 16.0 Å². The monoisotopic (exact) mass is 420 g/mol. The number of anilines is 2. The number of urea groups is 1. The normalized spacial score (nSPS) is 11.8. The average Bonchev–Trinajstić information content (AvgIpc) is 3.25. The van der Waals surface area contributed by atoms with Gasteiger partial charge < -0.3 is 9.73 Å². The largest absolute Gasteiger partial charge is 0.447 e. The topological polar surface area (TPSA) is 80.0 Å². The Kier molecular flexibility index (Phi) is 5.70. The maximum atomic E-state index is 13.6. The first-order chi connectivity index (χ1) is 13.2. The zero-order chi connectivity index (χ0) is 20.3. The number of thiazole rings is 1. The van der Waals surface area contributed by atoms with Crippen molar-refractivity contribution in [2.75, 3.05) is 10.6 Å². The average molecular weight is 421 g/mol. The number of aromatic nitrogens is 2. The summed E-state index contributed by atoms with van der Waals surface area (Å²) >= 11 is 1.19. The van der Waals surface area contributed by atoms with Crippen molar-refractivity contribution >= 4 is 53.8 Å². The summed E-state index contributed by atoms with van der Waals surface area (Å²) in [7, 11) is -1.56. The van der Waals surface area contributed by atoms with Crippen LogP contribution in [0, 0.1) is 11.6 Å². The Balaban J connectivity index is 1.62. The van der Waals surface area contributed by atoms with Crippen molar-refractivity contribution < 1.29 is 18.0 Å². The molecule has 0 bridgehead atoms. The SMILES string of the molecule is C[Si](C)(C)c1cnc(C=Cc2cnc(NC(=O)Nc3c(F)cccc3F)s2)o1. The van der Waals surface area contributed by atoms with E-state index in [1.54, 1.807) is 24.5 Å². The number of carbonyl (C=O) groups excluding carboxylic acids is 1.